The van der Waals surface area contributed by atoms with Crippen molar-refractivity contribution in [1.29, 1.82) is 0 Å². The fourth-order valence-electron chi connectivity index (χ4n) is 2.22. The van der Waals surface area contributed by atoms with Gasteiger partial charge in [0.25, 0.3) is 0 Å². The first kappa shape index (κ1) is 10.9. The van der Waals surface area contributed by atoms with Crippen molar-refractivity contribution in [3.05, 3.63) is 65.7 Å². The average Bonchev–Trinajstić information content (AvgIpc) is 2.81. The zero-order valence-electron chi connectivity index (χ0n) is 9.60. The van der Waals surface area contributed by atoms with E-state index in [1.807, 2.05) is 11.8 Å². The molecule has 0 spiro atoms. The van der Waals surface area contributed by atoms with E-state index in [0.29, 0.717) is 6.04 Å². The van der Waals surface area contributed by atoms with E-state index in [4.69, 9.17) is 0 Å². The van der Waals surface area contributed by atoms with Crippen molar-refractivity contribution in [3.63, 3.8) is 0 Å². The maximum atomic E-state index is 3.57. The first-order chi connectivity index (χ1) is 8.43. The van der Waals surface area contributed by atoms with E-state index in [2.05, 4.69) is 59.9 Å². The lowest BCUT2D eigenvalue weighted by molar-refractivity contribution is 0.642. The smallest absolute Gasteiger partial charge is 0.0421 e. The molecule has 86 valence electrons. The molecule has 2 aromatic carbocycles. The van der Waals surface area contributed by atoms with Crippen molar-refractivity contribution in [1.82, 2.24) is 5.32 Å². The molecule has 17 heavy (non-hydrogen) atoms. The third kappa shape index (κ3) is 2.38. The SMILES string of the molecule is c1ccc(SCC2NCc3ccccc32)cc1. The fourth-order valence-corrected chi connectivity index (χ4v) is 3.23. The van der Waals surface area contributed by atoms with Crippen LogP contribution in [0, 0.1) is 0 Å². The van der Waals surface area contributed by atoms with Gasteiger partial charge in [0, 0.05) is 23.2 Å². The number of thioether (sulfide) groups is 1. The molecule has 3 rings (SSSR count). The molecule has 1 heterocycles. The molecule has 0 aromatic heterocycles. The van der Waals surface area contributed by atoms with Gasteiger partial charge in [-0.05, 0) is 23.3 Å². The standard InChI is InChI=1S/C15H15NS/c1-2-7-13(8-3-1)17-11-15-14-9-5-4-6-12(14)10-16-15/h1-9,15-16H,10-11H2. The molecule has 1 nitrogen and oxygen atoms in total. The molecule has 1 aliphatic heterocycles. The molecule has 0 radical (unpaired) electrons. The minimum Gasteiger partial charge on any atom is -0.305 e. The minimum atomic E-state index is 0.497. The molecule has 1 unspecified atom stereocenters. The van der Waals surface area contributed by atoms with Gasteiger partial charge in [0.1, 0.15) is 0 Å². The first-order valence-corrected chi connectivity index (χ1v) is 6.91. The van der Waals surface area contributed by atoms with Crippen LogP contribution in [-0.2, 0) is 6.54 Å². The first-order valence-electron chi connectivity index (χ1n) is 5.92. The number of fused-ring (bicyclic) bond motifs is 1. The Kier molecular flexibility index (Phi) is 3.16. The number of rotatable bonds is 3. The highest BCUT2D eigenvalue weighted by molar-refractivity contribution is 7.99. The molecular formula is C15H15NS. The predicted molar refractivity (Wildman–Crippen MR) is 73.2 cm³/mol. The van der Waals surface area contributed by atoms with Crippen LogP contribution in [0.15, 0.2) is 59.5 Å². The second-order valence-corrected chi connectivity index (χ2v) is 5.35. The summed E-state index contributed by atoms with van der Waals surface area (Å²) in [6, 6.07) is 19.8. The quantitative estimate of drug-likeness (QED) is 0.824. The van der Waals surface area contributed by atoms with E-state index in [-0.39, 0.29) is 0 Å². The summed E-state index contributed by atoms with van der Waals surface area (Å²) in [6.07, 6.45) is 0. The van der Waals surface area contributed by atoms with Crippen molar-refractivity contribution in [2.75, 3.05) is 5.75 Å². The van der Waals surface area contributed by atoms with Crippen molar-refractivity contribution in [2.45, 2.75) is 17.5 Å². The van der Waals surface area contributed by atoms with Gasteiger partial charge in [0.2, 0.25) is 0 Å². The van der Waals surface area contributed by atoms with Gasteiger partial charge in [-0.15, -0.1) is 11.8 Å². The highest BCUT2D eigenvalue weighted by Gasteiger charge is 2.20. The maximum Gasteiger partial charge on any atom is 0.0421 e. The zero-order valence-corrected chi connectivity index (χ0v) is 10.4. The van der Waals surface area contributed by atoms with Gasteiger partial charge in [0.05, 0.1) is 0 Å². The summed E-state index contributed by atoms with van der Waals surface area (Å²) in [7, 11) is 0. The summed E-state index contributed by atoms with van der Waals surface area (Å²) in [5.41, 5.74) is 2.92. The van der Waals surface area contributed by atoms with Gasteiger partial charge < -0.3 is 5.32 Å². The molecule has 0 bridgehead atoms. The van der Waals surface area contributed by atoms with Gasteiger partial charge >= 0.3 is 0 Å². The summed E-state index contributed by atoms with van der Waals surface area (Å²) < 4.78 is 0. The van der Waals surface area contributed by atoms with Crippen LogP contribution in [0.2, 0.25) is 0 Å². The van der Waals surface area contributed by atoms with Crippen molar-refractivity contribution >= 4 is 11.8 Å². The van der Waals surface area contributed by atoms with Crippen LogP contribution in [0.5, 0.6) is 0 Å². The van der Waals surface area contributed by atoms with Crippen molar-refractivity contribution in [3.8, 4) is 0 Å². The third-order valence-corrected chi connectivity index (χ3v) is 4.23. The van der Waals surface area contributed by atoms with Gasteiger partial charge in [-0.3, -0.25) is 0 Å². The molecule has 0 amide bonds. The van der Waals surface area contributed by atoms with Crippen LogP contribution < -0.4 is 5.32 Å². The van der Waals surface area contributed by atoms with Crippen molar-refractivity contribution < 1.29 is 0 Å². The number of hydrogen-bond donors (Lipinski definition) is 1. The highest BCUT2D eigenvalue weighted by Crippen LogP contribution is 2.30. The second kappa shape index (κ2) is 4.94. The Hall–Kier alpha value is -1.25. The molecule has 0 saturated heterocycles. The van der Waals surface area contributed by atoms with E-state index in [9.17, 15) is 0 Å². The molecule has 1 aliphatic rings. The van der Waals surface area contributed by atoms with Crippen molar-refractivity contribution in [2.24, 2.45) is 0 Å². The lowest BCUT2D eigenvalue weighted by Gasteiger charge is -2.11. The van der Waals surface area contributed by atoms with Gasteiger partial charge in [-0.25, -0.2) is 0 Å². The molecule has 0 fully saturated rings. The van der Waals surface area contributed by atoms with E-state index in [0.717, 1.165) is 12.3 Å². The maximum absolute atomic E-state index is 3.57. The summed E-state index contributed by atoms with van der Waals surface area (Å²) >= 11 is 1.92. The normalized spacial score (nSPS) is 18.0. The van der Waals surface area contributed by atoms with Crippen LogP contribution in [0.1, 0.15) is 17.2 Å². The van der Waals surface area contributed by atoms with Gasteiger partial charge in [0.15, 0.2) is 0 Å². The Morgan fingerprint density at radius 1 is 1.00 bits per heavy atom. The summed E-state index contributed by atoms with van der Waals surface area (Å²) in [4.78, 5) is 1.35. The average molecular weight is 241 g/mol. The third-order valence-electron chi connectivity index (χ3n) is 3.13. The number of hydrogen-bond acceptors (Lipinski definition) is 2. The molecule has 2 aromatic rings. The Bertz CT molecular complexity index is 495. The Labute approximate surface area is 106 Å². The van der Waals surface area contributed by atoms with Crippen LogP contribution in [-0.4, -0.2) is 5.75 Å². The van der Waals surface area contributed by atoms with Crippen LogP contribution in [0.4, 0.5) is 0 Å². The van der Waals surface area contributed by atoms with Crippen LogP contribution in [0.3, 0.4) is 0 Å². The van der Waals surface area contributed by atoms with E-state index in [1.54, 1.807) is 0 Å². The summed E-state index contributed by atoms with van der Waals surface area (Å²) in [6.45, 7) is 1.01. The Morgan fingerprint density at radius 3 is 2.65 bits per heavy atom. The zero-order chi connectivity index (χ0) is 11.5. The predicted octanol–water partition coefficient (Wildman–Crippen LogP) is 3.62. The number of nitrogens with one attached hydrogen (secondary N) is 1. The fraction of sp³-hybridized carbons (Fsp3) is 0.200. The molecule has 1 N–H and O–H groups in total. The molecular weight excluding hydrogens is 226 g/mol. The van der Waals surface area contributed by atoms with E-state index >= 15 is 0 Å². The molecule has 1 atom stereocenters. The van der Waals surface area contributed by atoms with Crippen LogP contribution in [0.25, 0.3) is 0 Å². The van der Waals surface area contributed by atoms with Gasteiger partial charge in [-0.1, -0.05) is 42.5 Å². The Balaban J connectivity index is 1.68. The summed E-state index contributed by atoms with van der Waals surface area (Å²) in [5, 5.41) is 3.57. The molecule has 2 heteroatoms. The Morgan fingerprint density at radius 2 is 1.76 bits per heavy atom. The van der Waals surface area contributed by atoms with Gasteiger partial charge in [-0.2, -0.15) is 0 Å². The topological polar surface area (TPSA) is 12.0 Å². The minimum absolute atomic E-state index is 0.497. The van der Waals surface area contributed by atoms with E-state index in [1.165, 1.54) is 16.0 Å². The van der Waals surface area contributed by atoms with Crippen LogP contribution >= 0.6 is 11.8 Å². The lowest BCUT2D eigenvalue weighted by Crippen LogP contribution is -2.14. The highest BCUT2D eigenvalue weighted by atomic mass is 32.2. The summed E-state index contributed by atoms with van der Waals surface area (Å²) in [5.74, 6) is 1.10. The lowest BCUT2D eigenvalue weighted by atomic mass is 10.1. The van der Waals surface area contributed by atoms with E-state index < -0.39 is 0 Å². The second-order valence-electron chi connectivity index (χ2n) is 4.26. The molecule has 0 aliphatic carbocycles. The monoisotopic (exact) mass is 241 g/mol. The number of benzene rings is 2. The largest absolute Gasteiger partial charge is 0.305 e. The molecule has 0 saturated carbocycles.